The first kappa shape index (κ1) is 31.1. The quantitative estimate of drug-likeness (QED) is 0.185. The molecule has 0 fully saturated rings. The Labute approximate surface area is 216 Å². The predicted molar refractivity (Wildman–Crippen MR) is 142 cm³/mol. The summed E-state index contributed by atoms with van der Waals surface area (Å²) in [5.74, 6) is -1.13. The molecule has 1 N–H and O–H groups in total. The van der Waals surface area contributed by atoms with Crippen LogP contribution in [0.2, 0.25) is 0 Å². The molecule has 0 spiro atoms. The van der Waals surface area contributed by atoms with Gasteiger partial charge in [0.15, 0.2) is 0 Å². The minimum absolute atomic E-state index is 0.0893. The minimum Gasteiger partial charge on any atom is -0.508 e. The molecule has 0 radical (unpaired) electrons. The van der Waals surface area contributed by atoms with Gasteiger partial charge in [-0.3, -0.25) is 0 Å². The third-order valence-corrected chi connectivity index (χ3v) is 5.66. The van der Waals surface area contributed by atoms with E-state index in [-0.39, 0.29) is 11.6 Å². The number of halogens is 1. The van der Waals surface area contributed by atoms with Crippen molar-refractivity contribution in [3.8, 4) is 5.75 Å². The second-order valence-corrected chi connectivity index (χ2v) is 8.83. The van der Waals surface area contributed by atoms with Gasteiger partial charge in [0.25, 0.3) is 0 Å². The van der Waals surface area contributed by atoms with Gasteiger partial charge >= 0.3 is 11.9 Å². The number of hydrogen-bond acceptors (Lipinski definition) is 5. The van der Waals surface area contributed by atoms with Gasteiger partial charge in [-0.15, -0.1) is 0 Å². The van der Waals surface area contributed by atoms with Gasteiger partial charge in [-0.2, -0.15) is 0 Å². The number of esters is 2. The first-order valence-corrected chi connectivity index (χ1v) is 13.4. The van der Waals surface area contributed by atoms with Crippen LogP contribution < -0.4 is 0 Å². The van der Waals surface area contributed by atoms with E-state index < -0.39 is 11.9 Å². The van der Waals surface area contributed by atoms with E-state index in [2.05, 4.69) is 13.8 Å². The maximum atomic E-state index is 12.4. The molecule has 0 amide bonds. The van der Waals surface area contributed by atoms with Crippen molar-refractivity contribution in [2.24, 2.45) is 0 Å². The van der Waals surface area contributed by atoms with E-state index in [9.17, 15) is 14.0 Å². The number of unbranched alkanes of at least 4 members (excludes halogenated alkanes) is 10. The van der Waals surface area contributed by atoms with E-state index in [1.165, 1.54) is 75.6 Å². The van der Waals surface area contributed by atoms with Crippen LogP contribution in [0.15, 0.2) is 48.5 Å². The Morgan fingerprint density at radius 1 is 0.639 bits per heavy atom. The van der Waals surface area contributed by atoms with E-state index in [1.807, 2.05) is 0 Å². The van der Waals surface area contributed by atoms with Crippen LogP contribution in [-0.2, 0) is 9.47 Å². The fourth-order valence-corrected chi connectivity index (χ4v) is 3.53. The van der Waals surface area contributed by atoms with Gasteiger partial charge in [-0.05, 0) is 49.2 Å². The summed E-state index contributed by atoms with van der Waals surface area (Å²) in [4.78, 5) is 24.7. The second kappa shape index (κ2) is 20.3. The molecule has 200 valence electrons. The van der Waals surface area contributed by atoms with E-state index >= 15 is 0 Å². The zero-order valence-corrected chi connectivity index (χ0v) is 22.0. The van der Waals surface area contributed by atoms with Crippen LogP contribution in [0.3, 0.4) is 0 Å². The summed E-state index contributed by atoms with van der Waals surface area (Å²) >= 11 is 0. The molecule has 0 aromatic heterocycles. The highest BCUT2D eigenvalue weighted by Crippen LogP contribution is 2.14. The van der Waals surface area contributed by atoms with E-state index in [0.717, 1.165) is 25.7 Å². The largest absolute Gasteiger partial charge is 0.508 e. The molecule has 0 heterocycles. The summed E-state index contributed by atoms with van der Waals surface area (Å²) in [6, 6.07) is 11.8. The smallest absolute Gasteiger partial charge is 0.339 e. The summed E-state index contributed by atoms with van der Waals surface area (Å²) in [5.41, 5.74) is 0.586. The average Bonchev–Trinajstić information content (AvgIpc) is 2.89. The molecule has 5 nitrogen and oxygen atoms in total. The van der Waals surface area contributed by atoms with Crippen molar-refractivity contribution in [2.75, 3.05) is 13.2 Å². The number of aromatic hydroxyl groups is 1. The molecule has 2 aromatic carbocycles. The Kier molecular flexibility index (Phi) is 17.6. The molecule has 0 unspecified atom stereocenters. The molecule has 0 atom stereocenters. The number of carbonyl (C=O) groups excluding carboxylic acids is 2. The van der Waals surface area contributed by atoms with Gasteiger partial charge in [0, 0.05) is 0 Å². The number of ether oxygens (including phenoxy) is 2. The van der Waals surface area contributed by atoms with Crippen LogP contribution in [0.4, 0.5) is 4.39 Å². The fraction of sp³-hybridized carbons (Fsp3) is 0.533. The normalized spacial score (nSPS) is 10.3. The minimum atomic E-state index is -0.444. The Bertz CT molecular complexity index is 781. The van der Waals surface area contributed by atoms with Gasteiger partial charge in [0.2, 0.25) is 0 Å². The van der Waals surface area contributed by atoms with E-state index in [4.69, 9.17) is 14.6 Å². The molecular formula is C30H43FO5. The Morgan fingerprint density at radius 2 is 1.03 bits per heavy atom. The lowest BCUT2D eigenvalue weighted by Gasteiger charge is -2.10. The zero-order valence-electron chi connectivity index (χ0n) is 22.0. The first-order chi connectivity index (χ1) is 17.5. The highest BCUT2D eigenvalue weighted by molar-refractivity contribution is 6.03. The molecular weight excluding hydrogens is 459 g/mol. The molecule has 0 aliphatic carbocycles. The van der Waals surface area contributed by atoms with Crippen molar-refractivity contribution in [1.82, 2.24) is 0 Å². The average molecular weight is 503 g/mol. The zero-order chi connectivity index (χ0) is 26.4. The first-order valence-electron chi connectivity index (χ1n) is 13.4. The number of phenols is 1. The van der Waals surface area contributed by atoms with Crippen LogP contribution in [0.25, 0.3) is 0 Å². The third kappa shape index (κ3) is 14.5. The van der Waals surface area contributed by atoms with Gasteiger partial charge in [0.1, 0.15) is 11.6 Å². The lowest BCUT2D eigenvalue weighted by Crippen LogP contribution is -2.15. The molecule has 0 aliphatic rings. The third-order valence-electron chi connectivity index (χ3n) is 5.66. The standard InChI is InChI=1S/C24H38O4.C6H5FO/c1-3-5-7-9-11-15-19-27-23(25)21-17-13-14-18-22(21)24(26)28-20-16-12-10-8-6-4-2;7-5-1-3-6(8)4-2-5/h13-14,17-18H,3-12,15-16,19-20H2,1-2H3;1-4,8H. The summed E-state index contributed by atoms with van der Waals surface area (Å²) < 4.78 is 22.7. The van der Waals surface area contributed by atoms with Crippen LogP contribution in [0.1, 0.15) is 112 Å². The van der Waals surface area contributed by atoms with Gasteiger partial charge in [-0.1, -0.05) is 90.2 Å². The number of phenolic OH excluding ortho intramolecular Hbond substituents is 1. The van der Waals surface area contributed by atoms with Crippen LogP contribution in [0, 0.1) is 5.82 Å². The van der Waals surface area contributed by atoms with Crippen LogP contribution >= 0.6 is 0 Å². The molecule has 0 bridgehead atoms. The SMILES string of the molecule is CCCCCCCCOC(=O)c1ccccc1C(=O)OCCCCCCCC.Oc1ccc(F)cc1. The van der Waals surface area contributed by atoms with Crippen molar-refractivity contribution in [1.29, 1.82) is 0 Å². The molecule has 0 aliphatic heterocycles. The molecule has 2 rings (SSSR count). The number of rotatable bonds is 16. The second-order valence-electron chi connectivity index (χ2n) is 8.83. The monoisotopic (exact) mass is 502 g/mol. The van der Waals surface area contributed by atoms with E-state index in [1.54, 1.807) is 24.3 Å². The molecule has 0 saturated heterocycles. The summed E-state index contributed by atoms with van der Waals surface area (Å²) in [5, 5.41) is 8.59. The maximum absolute atomic E-state index is 12.4. The maximum Gasteiger partial charge on any atom is 0.339 e. The Morgan fingerprint density at radius 3 is 1.42 bits per heavy atom. The molecule has 2 aromatic rings. The summed E-state index contributed by atoms with van der Waals surface area (Å²) in [6.07, 6.45) is 13.6. The lowest BCUT2D eigenvalue weighted by molar-refractivity contribution is 0.0450. The molecule has 6 heteroatoms. The van der Waals surface area contributed by atoms with E-state index in [0.29, 0.717) is 24.3 Å². The number of carbonyl (C=O) groups is 2. The Balaban J connectivity index is 0.000000681. The van der Waals surface area contributed by atoms with Gasteiger partial charge in [-0.25, -0.2) is 14.0 Å². The summed E-state index contributed by atoms with van der Waals surface area (Å²) in [7, 11) is 0. The predicted octanol–water partition coefficient (Wildman–Crippen LogP) is 8.25. The highest BCUT2D eigenvalue weighted by atomic mass is 19.1. The van der Waals surface area contributed by atoms with Gasteiger partial charge < -0.3 is 14.6 Å². The van der Waals surface area contributed by atoms with Crippen molar-refractivity contribution in [3.63, 3.8) is 0 Å². The fourth-order valence-electron chi connectivity index (χ4n) is 3.53. The molecule has 36 heavy (non-hydrogen) atoms. The van der Waals surface area contributed by atoms with Crippen molar-refractivity contribution < 1.29 is 28.6 Å². The molecule has 0 saturated carbocycles. The van der Waals surface area contributed by atoms with Crippen molar-refractivity contribution in [3.05, 3.63) is 65.5 Å². The number of benzene rings is 2. The van der Waals surface area contributed by atoms with Gasteiger partial charge in [0.05, 0.1) is 24.3 Å². The summed E-state index contributed by atoms with van der Waals surface area (Å²) in [6.45, 7) is 5.17. The number of hydrogen-bond donors (Lipinski definition) is 1. The van der Waals surface area contributed by atoms with Crippen molar-refractivity contribution >= 4 is 11.9 Å². The van der Waals surface area contributed by atoms with Crippen LogP contribution in [-0.4, -0.2) is 30.3 Å². The van der Waals surface area contributed by atoms with Crippen molar-refractivity contribution in [2.45, 2.75) is 90.9 Å². The van der Waals surface area contributed by atoms with Crippen LogP contribution in [0.5, 0.6) is 5.75 Å². The Hall–Kier alpha value is -2.89. The highest BCUT2D eigenvalue weighted by Gasteiger charge is 2.18. The topological polar surface area (TPSA) is 72.8 Å². The lowest BCUT2D eigenvalue weighted by atomic mass is 10.1.